The van der Waals surface area contributed by atoms with Gasteiger partial charge in [-0.25, -0.2) is 4.73 Å². The van der Waals surface area contributed by atoms with Crippen LogP contribution in [0.15, 0.2) is 48.8 Å². The first kappa shape index (κ1) is 30.0. The van der Waals surface area contributed by atoms with Crippen LogP contribution in [0, 0.1) is 10.4 Å². The summed E-state index contributed by atoms with van der Waals surface area (Å²) in [5.41, 5.74) is 2.13. The van der Waals surface area contributed by atoms with Gasteiger partial charge < -0.3 is 35.1 Å². The number of rotatable bonds is 13. The molecular formula is C28H35N9O5. The molecular weight excluding hydrogens is 542 g/mol. The lowest BCUT2D eigenvalue weighted by Crippen LogP contribution is -2.44. The Morgan fingerprint density at radius 3 is 2.26 bits per heavy atom. The Morgan fingerprint density at radius 1 is 0.905 bits per heavy atom. The second-order valence-corrected chi connectivity index (χ2v) is 10.3. The molecule has 3 aromatic heterocycles. The molecule has 4 rings (SSSR count). The topological polar surface area (TPSA) is 167 Å². The molecule has 4 aromatic rings. The number of nitrogens with one attached hydrogen (secondary N) is 3. The zero-order valence-electron chi connectivity index (χ0n) is 24.1. The molecule has 0 aliphatic rings. The summed E-state index contributed by atoms with van der Waals surface area (Å²) >= 11 is 0. The van der Waals surface area contributed by atoms with Crippen molar-refractivity contribution in [2.75, 3.05) is 43.1 Å². The Kier molecular flexibility index (Phi) is 9.37. The number of aromatic nitrogens is 5. The highest BCUT2D eigenvalue weighted by atomic mass is 16.5. The molecule has 0 fully saturated rings. The zero-order valence-corrected chi connectivity index (χ0v) is 24.1. The average Bonchev–Trinajstić information content (AvgIpc) is 3.49. The van der Waals surface area contributed by atoms with Gasteiger partial charge in [-0.05, 0) is 51.7 Å². The molecule has 1 aromatic carbocycles. The molecule has 3 heterocycles. The summed E-state index contributed by atoms with van der Waals surface area (Å²) in [6.45, 7) is 1.05. The molecule has 42 heavy (non-hydrogen) atoms. The van der Waals surface area contributed by atoms with Crippen LogP contribution in [0.5, 0.6) is 0 Å². The van der Waals surface area contributed by atoms with Crippen LogP contribution < -0.4 is 25.5 Å². The van der Waals surface area contributed by atoms with Crippen LogP contribution in [0.4, 0.5) is 17.3 Å². The molecule has 0 aliphatic carbocycles. The number of Topliss-reactive ketones (excluding diaryl/α,β-unsaturated/α-hetero) is 1. The Labute approximate surface area is 242 Å². The van der Waals surface area contributed by atoms with E-state index >= 15 is 0 Å². The lowest BCUT2D eigenvalue weighted by molar-refractivity contribution is -0.672. The number of amides is 2. The van der Waals surface area contributed by atoms with Gasteiger partial charge in [-0.15, -0.1) is 0 Å². The highest BCUT2D eigenvalue weighted by Gasteiger charge is 2.20. The molecule has 0 aliphatic heterocycles. The number of aryl methyl sites for hydroxylation is 2. The second-order valence-electron chi connectivity index (χ2n) is 10.3. The third kappa shape index (κ3) is 7.20. The monoisotopic (exact) mass is 577 g/mol. The van der Waals surface area contributed by atoms with E-state index in [1.807, 2.05) is 19.0 Å². The fourth-order valence-electron chi connectivity index (χ4n) is 4.52. The molecule has 14 nitrogen and oxygen atoms in total. The van der Waals surface area contributed by atoms with Gasteiger partial charge in [-0.1, -0.05) is 12.1 Å². The molecule has 0 spiro atoms. The molecule has 2 amide bonds. The Bertz CT molecular complexity index is 1610. The van der Waals surface area contributed by atoms with Gasteiger partial charge in [-0.2, -0.15) is 0 Å². The Hall–Kier alpha value is -4.98. The van der Waals surface area contributed by atoms with Crippen molar-refractivity contribution >= 4 is 46.0 Å². The number of fused-ring (bicyclic) bond motifs is 1. The first-order valence-electron chi connectivity index (χ1n) is 13.5. The largest absolute Gasteiger partial charge is 0.739 e. The van der Waals surface area contributed by atoms with Gasteiger partial charge in [0.05, 0.1) is 23.6 Å². The molecule has 222 valence electrons. The molecule has 0 saturated heterocycles. The van der Waals surface area contributed by atoms with Crippen molar-refractivity contribution in [3.8, 4) is 0 Å². The van der Waals surface area contributed by atoms with Gasteiger partial charge in [0.2, 0.25) is 11.0 Å². The Balaban J connectivity index is 1.27. The van der Waals surface area contributed by atoms with E-state index in [4.69, 9.17) is 0 Å². The van der Waals surface area contributed by atoms with Crippen LogP contribution in [-0.4, -0.2) is 63.9 Å². The maximum atomic E-state index is 12.9. The minimum Gasteiger partial charge on any atom is -0.739 e. The van der Waals surface area contributed by atoms with Crippen LogP contribution in [0.2, 0.25) is 0 Å². The fourth-order valence-corrected chi connectivity index (χ4v) is 4.52. The minimum atomic E-state index is -0.385. The number of para-hydroxylation sites is 2. The molecule has 0 atom stereocenters. The molecule has 3 N–H and O–H groups in total. The number of carbonyl (C=O) groups excluding carboxylic acids is 3. The highest BCUT2D eigenvalue weighted by Crippen LogP contribution is 2.19. The van der Waals surface area contributed by atoms with Crippen molar-refractivity contribution in [1.82, 2.24) is 19.1 Å². The maximum absolute atomic E-state index is 12.9. The van der Waals surface area contributed by atoms with Gasteiger partial charge in [-0.3, -0.25) is 19.7 Å². The van der Waals surface area contributed by atoms with Gasteiger partial charge >= 0.3 is 5.95 Å². The number of benzene rings is 1. The number of nitrogens with zero attached hydrogens (tertiary/aromatic N) is 6. The quantitative estimate of drug-likeness (QED) is 0.0936. The smallest absolute Gasteiger partial charge is 0.460 e. The molecule has 0 unspecified atom stereocenters. The predicted octanol–water partition coefficient (Wildman–Crippen LogP) is 1.79. The number of carbonyl (C=O) groups is 3. The van der Waals surface area contributed by atoms with Crippen LogP contribution in [-0.2, 0) is 18.9 Å². The van der Waals surface area contributed by atoms with Crippen LogP contribution in [0.1, 0.15) is 46.7 Å². The van der Waals surface area contributed by atoms with Gasteiger partial charge in [0.15, 0.2) is 11.3 Å². The van der Waals surface area contributed by atoms with Crippen molar-refractivity contribution in [2.24, 2.45) is 14.1 Å². The standard InChI is InChI=1S/C28H35N9O5/c1-33(2)14-8-11-25(38)23-15-20(18-34(23)3)31-27(40)24-16-19(17-35(24)4)30-26(39)12-7-13-29-28-32-37(42)22-10-6-5-9-21(22)36(28)41/h5-6,9-10,15-18H,7-8,11-14H2,1-4H3,(H,29,32)(H,30,39)(H,31,40). The first-order chi connectivity index (χ1) is 20.0. The Morgan fingerprint density at radius 2 is 1.55 bits per heavy atom. The van der Waals surface area contributed by atoms with E-state index in [1.165, 1.54) is 12.1 Å². The summed E-state index contributed by atoms with van der Waals surface area (Å²) in [6.07, 6.45) is 4.97. The molecule has 0 radical (unpaired) electrons. The summed E-state index contributed by atoms with van der Waals surface area (Å²) in [5, 5.41) is 36.6. The van der Waals surface area contributed by atoms with Crippen molar-refractivity contribution < 1.29 is 24.0 Å². The van der Waals surface area contributed by atoms with E-state index < -0.39 is 0 Å². The number of ketones is 1. The highest BCUT2D eigenvalue weighted by molar-refractivity contribution is 6.05. The molecule has 0 saturated carbocycles. The molecule has 0 bridgehead atoms. The van der Waals surface area contributed by atoms with E-state index in [0.29, 0.717) is 45.2 Å². The van der Waals surface area contributed by atoms with Crippen molar-refractivity contribution in [1.29, 1.82) is 0 Å². The third-order valence-corrected chi connectivity index (χ3v) is 6.63. The number of anilines is 3. The predicted molar refractivity (Wildman–Crippen MR) is 157 cm³/mol. The normalized spacial score (nSPS) is 11.2. The van der Waals surface area contributed by atoms with E-state index in [9.17, 15) is 24.8 Å². The van der Waals surface area contributed by atoms with Crippen LogP contribution in [0.3, 0.4) is 0 Å². The summed E-state index contributed by atoms with van der Waals surface area (Å²) in [4.78, 5) is 40.4. The van der Waals surface area contributed by atoms with E-state index in [-0.39, 0.29) is 47.5 Å². The molecule has 14 heteroatoms. The number of hydrogen-bond acceptors (Lipinski definition) is 8. The van der Waals surface area contributed by atoms with Crippen molar-refractivity contribution in [3.63, 3.8) is 0 Å². The van der Waals surface area contributed by atoms with Crippen molar-refractivity contribution in [3.05, 3.63) is 70.6 Å². The maximum Gasteiger partial charge on any atom is 0.460 e. The first-order valence-corrected chi connectivity index (χ1v) is 13.5. The lowest BCUT2D eigenvalue weighted by Gasteiger charge is -2.09. The summed E-state index contributed by atoms with van der Waals surface area (Å²) in [6, 6.07) is 9.55. The van der Waals surface area contributed by atoms with Gasteiger partial charge in [0, 0.05) is 50.2 Å². The fraction of sp³-hybridized carbons (Fsp3) is 0.357. The van der Waals surface area contributed by atoms with E-state index in [2.05, 4.69) is 21.0 Å². The number of hydrogen-bond donors (Lipinski definition) is 3. The SMILES string of the molecule is CN(C)CCCC(=O)c1cc(NC(=O)c2cc(NC(=O)CCCNc3n[n+]([O-])c4ccccc4[n+]3[O-])cn2C)cn1C. The van der Waals surface area contributed by atoms with Gasteiger partial charge in [0.25, 0.3) is 11.4 Å². The van der Waals surface area contributed by atoms with Gasteiger partial charge in [0.1, 0.15) is 5.69 Å². The average molecular weight is 578 g/mol. The summed E-state index contributed by atoms with van der Waals surface area (Å²) < 4.78 is 3.84. The third-order valence-electron chi connectivity index (χ3n) is 6.63. The van der Waals surface area contributed by atoms with Crippen molar-refractivity contribution in [2.45, 2.75) is 25.7 Å². The van der Waals surface area contributed by atoms with E-state index in [0.717, 1.165) is 13.0 Å². The summed E-state index contributed by atoms with van der Waals surface area (Å²) in [5.74, 6) is -0.810. The zero-order chi connectivity index (χ0) is 30.4. The minimum absolute atomic E-state index is 0.00806. The summed E-state index contributed by atoms with van der Waals surface area (Å²) in [7, 11) is 7.37. The lowest BCUT2D eigenvalue weighted by atomic mass is 10.1. The second kappa shape index (κ2) is 13.1. The van der Waals surface area contributed by atoms with Crippen LogP contribution in [0.25, 0.3) is 11.0 Å². The van der Waals surface area contributed by atoms with Crippen LogP contribution >= 0.6 is 0 Å². The van der Waals surface area contributed by atoms with E-state index in [1.54, 1.807) is 59.9 Å².